The number of likely N-dealkylation sites (tertiary alicyclic amines) is 1. The number of nitrogens with zero attached hydrogens (tertiary/aromatic N) is 1. The lowest BCUT2D eigenvalue weighted by Crippen LogP contribution is -2.33. The first-order chi connectivity index (χ1) is 16.7. The number of nitrogens with two attached hydrogens (primary N) is 1. The summed E-state index contributed by atoms with van der Waals surface area (Å²) in [7, 11) is 1.68. The normalized spacial score (nSPS) is 14.3. The Morgan fingerprint density at radius 1 is 0.853 bits per heavy atom. The van der Waals surface area contributed by atoms with Crippen LogP contribution in [-0.4, -0.2) is 38.3 Å². The van der Waals surface area contributed by atoms with Crippen molar-refractivity contribution in [3.05, 3.63) is 66.7 Å². The highest BCUT2D eigenvalue weighted by molar-refractivity contribution is 7.19. The summed E-state index contributed by atoms with van der Waals surface area (Å²) in [4.78, 5) is 3.55. The van der Waals surface area contributed by atoms with E-state index in [1.54, 1.807) is 18.4 Å². The average molecular weight is 475 g/mol. The van der Waals surface area contributed by atoms with Crippen LogP contribution < -0.4 is 19.9 Å². The van der Waals surface area contributed by atoms with Crippen molar-refractivity contribution in [1.29, 1.82) is 0 Å². The minimum Gasteiger partial charge on any atom is -0.497 e. The summed E-state index contributed by atoms with van der Waals surface area (Å²) in [6.45, 7) is 4.05. The summed E-state index contributed by atoms with van der Waals surface area (Å²) < 4.78 is 17.9. The molecule has 2 N–H and O–H groups in total. The predicted octanol–water partition coefficient (Wildman–Crippen LogP) is 6.82. The molecule has 0 bridgehead atoms. The van der Waals surface area contributed by atoms with E-state index in [1.807, 2.05) is 54.6 Å². The molecule has 0 radical (unpaired) electrons. The molecule has 6 heteroatoms. The maximum absolute atomic E-state index is 6.48. The van der Waals surface area contributed by atoms with Gasteiger partial charge in [0.2, 0.25) is 0 Å². The predicted molar refractivity (Wildman–Crippen MR) is 141 cm³/mol. The van der Waals surface area contributed by atoms with Crippen molar-refractivity contribution in [3.63, 3.8) is 0 Å². The second-order valence-electron chi connectivity index (χ2n) is 8.56. The number of nitrogen functional groups attached to an aromatic ring is 1. The van der Waals surface area contributed by atoms with Gasteiger partial charge in [0.1, 0.15) is 29.6 Å². The molecule has 1 fully saturated rings. The molecule has 2 heterocycles. The molecular formula is C28H30N2O3S. The second kappa shape index (κ2) is 10.4. The van der Waals surface area contributed by atoms with Crippen molar-refractivity contribution in [2.75, 3.05) is 39.1 Å². The van der Waals surface area contributed by atoms with Crippen molar-refractivity contribution in [1.82, 2.24) is 4.90 Å². The van der Waals surface area contributed by atoms with Gasteiger partial charge in [-0.15, -0.1) is 11.3 Å². The van der Waals surface area contributed by atoms with Crippen LogP contribution >= 0.6 is 11.3 Å². The maximum Gasteiger partial charge on any atom is 0.143 e. The number of rotatable bonds is 8. The molecule has 1 saturated heterocycles. The van der Waals surface area contributed by atoms with Crippen molar-refractivity contribution < 1.29 is 14.2 Å². The third-order valence-corrected chi connectivity index (χ3v) is 7.19. The lowest BCUT2D eigenvalue weighted by atomic mass is 10.0. The van der Waals surface area contributed by atoms with Gasteiger partial charge in [0.05, 0.1) is 12.1 Å². The molecule has 0 atom stereocenters. The Bertz CT molecular complexity index is 1250. The molecular weight excluding hydrogens is 444 g/mol. The van der Waals surface area contributed by atoms with Crippen LogP contribution in [0.3, 0.4) is 0 Å². The molecule has 0 aliphatic carbocycles. The molecule has 3 aromatic carbocycles. The third-order valence-electron chi connectivity index (χ3n) is 6.24. The summed E-state index contributed by atoms with van der Waals surface area (Å²) in [5, 5.41) is 2.86. The van der Waals surface area contributed by atoms with Crippen molar-refractivity contribution in [2.24, 2.45) is 0 Å². The fourth-order valence-electron chi connectivity index (χ4n) is 4.41. The molecule has 1 aromatic heterocycles. The molecule has 0 spiro atoms. The second-order valence-corrected chi connectivity index (χ2v) is 9.67. The highest BCUT2D eigenvalue weighted by Gasteiger charge is 2.15. The monoisotopic (exact) mass is 474 g/mol. The van der Waals surface area contributed by atoms with Crippen LogP contribution in [-0.2, 0) is 0 Å². The topological polar surface area (TPSA) is 57.0 Å². The molecule has 1 aliphatic rings. The minimum absolute atomic E-state index is 0.704. The molecule has 176 valence electrons. The van der Waals surface area contributed by atoms with E-state index in [2.05, 4.69) is 17.0 Å². The first-order valence-electron chi connectivity index (χ1n) is 11.8. The van der Waals surface area contributed by atoms with Crippen LogP contribution in [0, 0.1) is 0 Å². The smallest absolute Gasteiger partial charge is 0.143 e. The van der Waals surface area contributed by atoms with Gasteiger partial charge in [-0.1, -0.05) is 12.5 Å². The van der Waals surface area contributed by atoms with Gasteiger partial charge in [-0.05, 0) is 92.0 Å². The number of hydrogen-bond acceptors (Lipinski definition) is 6. The molecule has 34 heavy (non-hydrogen) atoms. The number of benzene rings is 3. The van der Waals surface area contributed by atoms with Crippen LogP contribution in [0.4, 0.5) is 5.00 Å². The van der Waals surface area contributed by atoms with Gasteiger partial charge in [-0.2, -0.15) is 0 Å². The van der Waals surface area contributed by atoms with Crippen molar-refractivity contribution >= 4 is 27.1 Å². The molecule has 1 aliphatic heterocycles. The van der Waals surface area contributed by atoms with E-state index in [0.29, 0.717) is 6.61 Å². The molecule has 0 amide bonds. The van der Waals surface area contributed by atoms with Gasteiger partial charge in [-0.3, -0.25) is 4.90 Å². The zero-order valence-electron chi connectivity index (χ0n) is 19.5. The summed E-state index contributed by atoms with van der Waals surface area (Å²) in [6, 6.07) is 22.0. The first-order valence-corrected chi connectivity index (χ1v) is 12.6. The quantitative estimate of drug-likeness (QED) is 0.304. The van der Waals surface area contributed by atoms with Crippen LogP contribution in [0.1, 0.15) is 19.3 Å². The lowest BCUT2D eigenvalue weighted by Gasteiger charge is -2.26. The molecule has 5 nitrogen and oxygen atoms in total. The van der Waals surface area contributed by atoms with Gasteiger partial charge in [0.25, 0.3) is 0 Å². The van der Waals surface area contributed by atoms with Crippen molar-refractivity contribution in [2.45, 2.75) is 19.3 Å². The summed E-state index contributed by atoms with van der Waals surface area (Å²) >= 11 is 1.55. The van der Waals surface area contributed by atoms with E-state index in [9.17, 15) is 0 Å². The van der Waals surface area contributed by atoms with Gasteiger partial charge >= 0.3 is 0 Å². The number of hydrogen-bond donors (Lipinski definition) is 1. The van der Waals surface area contributed by atoms with Crippen LogP contribution in [0.15, 0.2) is 66.7 Å². The lowest BCUT2D eigenvalue weighted by molar-refractivity contribution is 0.183. The van der Waals surface area contributed by atoms with E-state index < -0.39 is 0 Å². The average Bonchev–Trinajstić information content (AvgIpc) is 3.31. The maximum atomic E-state index is 6.48. The van der Waals surface area contributed by atoms with E-state index in [1.165, 1.54) is 32.4 Å². The molecule has 0 unspecified atom stereocenters. The van der Waals surface area contributed by atoms with Crippen molar-refractivity contribution in [3.8, 4) is 33.4 Å². The molecule has 0 saturated carbocycles. The minimum atomic E-state index is 0.704. The number of methoxy groups -OCH3 is 1. The highest BCUT2D eigenvalue weighted by atomic mass is 32.1. The number of fused-ring (bicyclic) bond motifs is 1. The Kier molecular flexibility index (Phi) is 6.88. The largest absolute Gasteiger partial charge is 0.497 e. The Hall–Kier alpha value is -3.22. The SMILES string of the molecule is COc1ccc2c(Oc3ccc(OCCN4CCCCC4)cc3)c(-c3ccc(N)s3)ccc2c1. The Morgan fingerprint density at radius 3 is 2.35 bits per heavy atom. The number of ether oxygens (including phenoxy) is 3. The van der Waals surface area contributed by atoms with Crippen LogP contribution in [0.5, 0.6) is 23.0 Å². The van der Waals surface area contributed by atoms with E-state index >= 15 is 0 Å². The number of anilines is 1. The van der Waals surface area contributed by atoms with E-state index in [4.69, 9.17) is 19.9 Å². The Balaban J connectivity index is 1.36. The van der Waals surface area contributed by atoms with Gasteiger partial charge in [0, 0.05) is 22.4 Å². The van der Waals surface area contributed by atoms with Gasteiger partial charge in [-0.25, -0.2) is 0 Å². The summed E-state index contributed by atoms with van der Waals surface area (Å²) in [5.41, 5.74) is 7.03. The van der Waals surface area contributed by atoms with E-state index in [-0.39, 0.29) is 0 Å². The zero-order chi connectivity index (χ0) is 23.3. The Labute approximate surface area is 204 Å². The van der Waals surface area contributed by atoms with Gasteiger partial charge < -0.3 is 19.9 Å². The van der Waals surface area contributed by atoms with E-state index in [0.717, 1.165) is 55.8 Å². The molecule has 4 aromatic rings. The third kappa shape index (κ3) is 5.13. The van der Waals surface area contributed by atoms with Gasteiger partial charge in [0.15, 0.2) is 0 Å². The van der Waals surface area contributed by atoms with Crippen LogP contribution in [0.25, 0.3) is 21.2 Å². The summed E-state index contributed by atoms with van der Waals surface area (Å²) in [6.07, 6.45) is 3.95. The zero-order valence-corrected chi connectivity index (χ0v) is 20.3. The summed E-state index contributed by atoms with van der Waals surface area (Å²) in [5.74, 6) is 3.24. The fraction of sp³-hybridized carbons (Fsp3) is 0.286. The highest BCUT2D eigenvalue weighted by Crippen LogP contribution is 2.43. The first kappa shape index (κ1) is 22.6. The molecule has 5 rings (SSSR count). The fourth-order valence-corrected chi connectivity index (χ4v) is 5.20. The number of piperidine rings is 1. The Morgan fingerprint density at radius 2 is 1.62 bits per heavy atom. The van der Waals surface area contributed by atoms with Crippen LogP contribution in [0.2, 0.25) is 0 Å². The standard InChI is InChI=1S/C28H30N2O3S/c1-31-23-10-12-24-20(19-23)5-11-25(26-13-14-27(29)34-26)28(24)33-22-8-6-21(7-9-22)32-18-17-30-15-3-2-4-16-30/h5-14,19H,2-4,15-18,29H2,1H3. The number of thiophene rings is 1.